The number of nitrogens with one attached hydrogen (secondary N) is 1. The zero-order chi connectivity index (χ0) is 13.8. The molecular formula is C13H19F3N2. The lowest BCUT2D eigenvalue weighted by molar-refractivity contribution is -0.138. The molecule has 0 aliphatic heterocycles. The number of nitrogens with zero attached hydrogens (tertiary/aromatic N) is 1. The molecule has 0 heterocycles. The molecule has 102 valence electrons. The number of alkyl halides is 3. The molecule has 1 unspecified atom stereocenters. The van der Waals surface area contributed by atoms with Gasteiger partial charge < -0.3 is 10.2 Å². The van der Waals surface area contributed by atoms with Crippen molar-refractivity contribution >= 4 is 0 Å². The summed E-state index contributed by atoms with van der Waals surface area (Å²) in [5.41, 5.74) is -0.265. The first-order valence-corrected chi connectivity index (χ1v) is 5.86. The predicted octanol–water partition coefficient (Wildman–Crippen LogP) is 2.92. The van der Waals surface area contributed by atoms with Crippen molar-refractivity contribution in [2.45, 2.75) is 19.1 Å². The molecule has 0 fully saturated rings. The third kappa shape index (κ3) is 4.31. The van der Waals surface area contributed by atoms with Crippen LogP contribution in [0.2, 0.25) is 0 Å². The average molecular weight is 260 g/mol. The summed E-state index contributed by atoms with van der Waals surface area (Å²) in [4.78, 5) is 1.98. The Bertz CT molecular complexity index is 375. The smallest absolute Gasteiger partial charge is 0.309 e. The van der Waals surface area contributed by atoms with Crippen LogP contribution in [0.15, 0.2) is 24.3 Å². The zero-order valence-corrected chi connectivity index (χ0v) is 10.9. The van der Waals surface area contributed by atoms with Crippen molar-refractivity contribution in [2.24, 2.45) is 0 Å². The topological polar surface area (TPSA) is 15.3 Å². The van der Waals surface area contributed by atoms with Gasteiger partial charge in [-0.2, -0.15) is 13.2 Å². The Hall–Kier alpha value is -1.07. The fourth-order valence-corrected chi connectivity index (χ4v) is 1.75. The van der Waals surface area contributed by atoms with Crippen molar-refractivity contribution in [3.05, 3.63) is 35.4 Å². The van der Waals surface area contributed by atoms with Crippen LogP contribution in [0.25, 0.3) is 0 Å². The summed E-state index contributed by atoms with van der Waals surface area (Å²) in [5.74, 6) is 0. The van der Waals surface area contributed by atoms with Gasteiger partial charge in [-0.3, -0.25) is 0 Å². The van der Waals surface area contributed by atoms with Crippen LogP contribution in [-0.4, -0.2) is 32.1 Å². The van der Waals surface area contributed by atoms with E-state index in [-0.39, 0.29) is 6.04 Å². The van der Waals surface area contributed by atoms with E-state index in [4.69, 9.17) is 0 Å². The predicted molar refractivity (Wildman–Crippen MR) is 66.4 cm³/mol. The highest BCUT2D eigenvalue weighted by Gasteiger charge is 2.33. The van der Waals surface area contributed by atoms with E-state index < -0.39 is 11.7 Å². The molecule has 0 bridgehead atoms. The van der Waals surface area contributed by atoms with E-state index in [1.165, 1.54) is 12.1 Å². The lowest BCUT2D eigenvalue weighted by Crippen LogP contribution is -2.29. The monoisotopic (exact) mass is 260 g/mol. The molecule has 0 aromatic heterocycles. The van der Waals surface area contributed by atoms with Crippen LogP contribution in [0.3, 0.4) is 0 Å². The molecule has 1 aromatic carbocycles. The van der Waals surface area contributed by atoms with Gasteiger partial charge in [0.05, 0.1) is 5.56 Å². The van der Waals surface area contributed by atoms with E-state index in [0.717, 1.165) is 12.6 Å². The van der Waals surface area contributed by atoms with Crippen LogP contribution in [0.5, 0.6) is 0 Å². The molecule has 18 heavy (non-hydrogen) atoms. The molecule has 0 saturated carbocycles. The molecule has 0 aliphatic rings. The number of hydrogen-bond donors (Lipinski definition) is 1. The average Bonchev–Trinajstić information content (AvgIpc) is 2.27. The third-order valence-electron chi connectivity index (χ3n) is 2.74. The Morgan fingerprint density at radius 2 is 1.83 bits per heavy atom. The number of rotatable bonds is 5. The largest absolute Gasteiger partial charge is 0.416 e. The first-order chi connectivity index (χ1) is 8.32. The second-order valence-corrected chi connectivity index (χ2v) is 4.56. The molecule has 0 aliphatic carbocycles. The normalized spacial score (nSPS) is 13.9. The van der Waals surface area contributed by atoms with Gasteiger partial charge in [0.1, 0.15) is 0 Å². The van der Waals surface area contributed by atoms with Crippen molar-refractivity contribution in [1.82, 2.24) is 10.2 Å². The van der Waals surface area contributed by atoms with Gasteiger partial charge in [-0.25, -0.2) is 0 Å². The Morgan fingerprint density at radius 1 is 1.22 bits per heavy atom. The number of benzene rings is 1. The highest BCUT2D eigenvalue weighted by atomic mass is 19.4. The Balaban J connectivity index is 2.76. The van der Waals surface area contributed by atoms with Gasteiger partial charge >= 0.3 is 6.18 Å². The number of likely N-dealkylation sites (N-methyl/N-ethyl adjacent to an activating group) is 1. The molecular weight excluding hydrogens is 241 g/mol. The fourth-order valence-electron chi connectivity index (χ4n) is 1.75. The summed E-state index contributed by atoms with van der Waals surface area (Å²) in [6.45, 7) is 3.19. The molecule has 0 spiro atoms. The highest BCUT2D eigenvalue weighted by molar-refractivity contribution is 5.31. The molecule has 1 rings (SSSR count). The van der Waals surface area contributed by atoms with E-state index in [1.807, 2.05) is 19.0 Å². The molecule has 1 atom stereocenters. The summed E-state index contributed by atoms with van der Waals surface area (Å²) in [7, 11) is 3.85. The lowest BCUT2D eigenvalue weighted by Gasteiger charge is -2.20. The van der Waals surface area contributed by atoms with Crippen LogP contribution < -0.4 is 5.32 Å². The van der Waals surface area contributed by atoms with Gasteiger partial charge in [-0.15, -0.1) is 0 Å². The van der Waals surface area contributed by atoms with E-state index in [2.05, 4.69) is 5.32 Å². The minimum absolute atomic E-state index is 0.295. The summed E-state index contributed by atoms with van der Waals surface area (Å²) in [6, 6.07) is 5.38. The van der Waals surface area contributed by atoms with Crippen molar-refractivity contribution < 1.29 is 13.2 Å². The van der Waals surface area contributed by atoms with Crippen molar-refractivity contribution in [3.63, 3.8) is 0 Å². The van der Waals surface area contributed by atoms with E-state index in [9.17, 15) is 13.2 Å². The fraction of sp³-hybridized carbons (Fsp3) is 0.538. The van der Waals surface area contributed by atoms with Crippen molar-refractivity contribution in [2.75, 3.05) is 27.2 Å². The van der Waals surface area contributed by atoms with E-state index >= 15 is 0 Å². The molecule has 5 heteroatoms. The van der Waals surface area contributed by atoms with Crippen molar-refractivity contribution in [1.29, 1.82) is 0 Å². The summed E-state index contributed by atoms with van der Waals surface area (Å²) in [6.07, 6.45) is -4.30. The van der Waals surface area contributed by atoms with Crippen molar-refractivity contribution in [3.8, 4) is 0 Å². The maximum absolute atomic E-state index is 12.8. The van der Waals surface area contributed by atoms with Gasteiger partial charge in [0, 0.05) is 19.1 Å². The Morgan fingerprint density at radius 3 is 2.39 bits per heavy atom. The number of hydrogen-bond acceptors (Lipinski definition) is 2. The van der Waals surface area contributed by atoms with Gasteiger partial charge in [-0.05, 0) is 32.6 Å². The Kier molecular flexibility index (Phi) is 5.16. The molecule has 0 saturated heterocycles. The van der Waals surface area contributed by atoms with E-state index in [1.54, 1.807) is 13.0 Å². The quantitative estimate of drug-likeness (QED) is 0.875. The Labute approximate surface area is 106 Å². The minimum Gasteiger partial charge on any atom is -0.309 e. The summed E-state index contributed by atoms with van der Waals surface area (Å²) < 4.78 is 38.5. The van der Waals surface area contributed by atoms with E-state index in [0.29, 0.717) is 12.1 Å². The maximum Gasteiger partial charge on any atom is 0.416 e. The van der Waals surface area contributed by atoms with Crippen LogP contribution in [0, 0.1) is 0 Å². The molecule has 0 amide bonds. The third-order valence-corrected chi connectivity index (χ3v) is 2.74. The first kappa shape index (κ1) is 15.0. The second-order valence-electron chi connectivity index (χ2n) is 4.56. The molecule has 1 aromatic rings. The SMILES string of the molecule is CC(NCCN(C)C)c1ccccc1C(F)(F)F. The molecule has 0 radical (unpaired) electrons. The first-order valence-electron chi connectivity index (χ1n) is 5.86. The van der Waals surface area contributed by atoms with Crippen LogP contribution in [-0.2, 0) is 6.18 Å². The standard InChI is InChI=1S/C13H19F3N2/c1-10(17-8-9-18(2)3)11-6-4-5-7-12(11)13(14,15)16/h4-7,10,17H,8-9H2,1-3H3. The van der Waals surface area contributed by atoms with Gasteiger partial charge in [0.15, 0.2) is 0 Å². The number of halogens is 3. The summed E-state index contributed by atoms with van der Waals surface area (Å²) in [5, 5.41) is 3.10. The zero-order valence-electron chi connectivity index (χ0n) is 10.9. The maximum atomic E-state index is 12.8. The van der Waals surface area contributed by atoms with Crippen LogP contribution in [0.1, 0.15) is 24.1 Å². The highest BCUT2D eigenvalue weighted by Crippen LogP contribution is 2.34. The van der Waals surface area contributed by atoms with Crippen LogP contribution in [0.4, 0.5) is 13.2 Å². The second kappa shape index (κ2) is 6.20. The molecule has 1 N–H and O–H groups in total. The molecule has 2 nitrogen and oxygen atoms in total. The van der Waals surface area contributed by atoms with Gasteiger partial charge in [-0.1, -0.05) is 18.2 Å². The minimum atomic E-state index is -4.30. The van der Waals surface area contributed by atoms with Gasteiger partial charge in [0.25, 0.3) is 0 Å². The van der Waals surface area contributed by atoms with Gasteiger partial charge in [0.2, 0.25) is 0 Å². The van der Waals surface area contributed by atoms with Crippen LogP contribution >= 0.6 is 0 Å². The summed E-state index contributed by atoms with van der Waals surface area (Å²) >= 11 is 0. The lowest BCUT2D eigenvalue weighted by atomic mass is 10.0.